The van der Waals surface area contributed by atoms with E-state index in [1.54, 1.807) is 0 Å². The minimum absolute atomic E-state index is 0.0465. The van der Waals surface area contributed by atoms with Crippen LogP contribution in [0.1, 0.15) is 27.7 Å². The molecule has 5 heteroatoms. The maximum absolute atomic E-state index is 12.2. The highest BCUT2D eigenvalue weighted by atomic mass is 16.5. The van der Waals surface area contributed by atoms with Crippen LogP contribution in [0.2, 0.25) is 0 Å². The van der Waals surface area contributed by atoms with Gasteiger partial charge in [0.25, 0.3) is 5.91 Å². The molecule has 1 aliphatic rings. The fourth-order valence-electron chi connectivity index (χ4n) is 1.94. The Morgan fingerprint density at radius 3 is 2.78 bits per heavy atom. The van der Waals surface area contributed by atoms with Crippen molar-refractivity contribution in [3.8, 4) is 0 Å². The van der Waals surface area contributed by atoms with Gasteiger partial charge in [0, 0.05) is 19.6 Å². The Morgan fingerprint density at radius 1 is 1.61 bits per heavy atom. The number of carbonyl (C=O) groups is 1. The zero-order valence-electron chi connectivity index (χ0n) is 12.0. The average molecular weight is 257 g/mol. The van der Waals surface area contributed by atoms with Crippen molar-refractivity contribution >= 4 is 5.91 Å². The minimum Gasteiger partial charge on any atom is -0.366 e. The number of hydrogen-bond donors (Lipinski definition) is 2. The molecule has 0 saturated carbocycles. The van der Waals surface area contributed by atoms with Gasteiger partial charge in [-0.2, -0.15) is 0 Å². The first-order valence-corrected chi connectivity index (χ1v) is 6.79. The van der Waals surface area contributed by atoms with E-state index in [1.807, 2.05) is 6.92 Å². The summed E-state index contributed by atoms with van der Waals surface area (Å²) in [7, 11) is 0. The molecule has 1 saturated heterocycles. The van der Waals surface area contributed by atoms with Gasteiger partial charge in [0.1, 0.15) is 6.10 Å². The SMILES string of the molecule is CCN1CCOC(C(=O)NC(C)(CN)C(C)C)C1. The monoisotopic (exact) mass is 257 g/mol. The number of carbonyl (C=O) groups excluding carboxylic acids is 1. The average Bonchev–Trinajstić information content (AvgIpc) is 2.38. The van der Waals surface area contributed by atoms with Crippen LogP contribution in [0.4, 0.5) is 0 Å². The smallest absolute Gasteiger partial charge is 0.250 e. The molecular formula is C13H27N3O2. The lowest BCUT2D eigenvalue weighted by Gasteiger charge is -2.37. The molecular weight excluding hydrogens is 230 g/mol. The molecule has 0 bridgehead atoms. The number of rotatable bonds is 5. The number of morpholine rings is 1. The number of amides is 1. The lowest BCUT2D eigenvalue weighted by atomic mass is 9.88. The highest BCUT2D eigenvalue weighted by Crippen LogP contribution is 2.16. The second-order valence-corrected chi connectivity index (χ2v) is 5.52. The van der Waals surface area contributed by atoms with Gasteiger partial charge in [-0.3, -0.25) is 9.69 Å². The molecule has 2 unspecified atom stereocenters. The number of ether oxygens (including phenoxy) is 1. The van der Waals surface area contributed by atoms with Crippen molar-refractivity contribution in [3.63, 3.8) is 0 Å². The molecule has 3 N–H and O–H groups in total. The lowest BCUT2D eigenvalue weighted by molar-refractivity contribution is -0.140. The zero-order chi connectivity index (χ0) is 13.8. The lowest BCUT2D eigenvalue weighted by Crippen LogP contribution is -2.60. The number of hydrogen-bond acceptors (Lipinski definition) is 4. The summed E-state index contributed by atoms with van der Waals surface area (Å²) in [5, 5.41) is 3.04. The fourth-order valence-corrected chi connectivity index (χ4v) is 1.94. The highest BCUT2D eigenvalue weighted by Gasteiger charge is 2.33. The first-order chi connectivity index (χ1) is 8.42. The molecule has 2 atom stereocenters. The molecule has 1 amide bonds. The van der Waals surface area contributed by atoms with Crippen molar-refractivity contribution in [1.29, 1.82) is 0 Å². The summed E-state index contributed by atoms with van der Waals surface area (Å²) in [5.74, 6) is 0.243. The van der Waals surface area contributed by atoms with Gasteiger partial charge in [0.05, 0.1) is 12.1 Å². The van der Waals surface area contributed by atoms with E-state index in [1.165, 1.54) is 0 Å². The first-order valence-electron chi connectivity index (χ1n) is 6.79. The Hall–Kier alpha value is -0.650. The Bertz CT molecular complexity index is 283. The van der Waals surface area contributed by atoms with E-state index in [2.05, 4.69) is 31.0 Å². The van der Waals surface area contributed by atoms with Crippen LogP contribution >= 0.6 is 0 Å². The molecule has 1 rings (SSSR count). The van der Waals surface area contributed by atoms with Gasteiger partial charge in [-0.15, -0.1) is 0 Å². The van der Waals surface area contributed by atoms with E-state index < -0.39 is 0 Å². The number of nitrogens with zero attached hydrogens (tertiary/aromatic N) is 1. The van der Waals surface area contributed by atoms with Gasteiger partial charge in [-0.1, -0.05) is 20.8 Å². The summed E-state index contributed by atoms with van der Waals surface area (Å²) in [5.41, 5.74) is 5.41. The van der Waals surface area contributed by atoms with Crippen molar-refractivity contribution in [2.45, 2.75) is 39.3 Å². The van der Waals surface area contributed by atoms with Crippen LogP contribution in [0.5, 0.6) is 0 Å². The predicted molar refractivity (Wildman–Crippen MR) is 72.3 cm³/mol. The summed E-state index contributed by atoms with van der Waals surface area (Å²) in [6.45, 7) is 11.8. The number of likely N-dealkylation sites (N-methyl/N-ethyl adjacent to an activating group) is 1. The van der Waals surface area contributed by atoms with Gasteiger partial charge < -0.3 is 15.8 Å². The Balaban J connectivity index is 2.59. The molecule has 0 radical (unpaired) electrons. The van der Waals surface area contributed by atoms with Crippen molar-refractivity contribution in [1.82, 2.24) is 10.2 Å². The molecule has 0 aromatic rings. The molecule has 1 fully saturated rings. The fraction of sp³-hybridized carbons (Fsp3) is 0.923. The second kappa shape index (κ2) is 6.50. The first kappa shape index (κ1) is 15.4. The van der Waals surface area contributed by atoms with Crippen LogP contribution < -0.4 is 11.1 Å². The molecule has 5 nitrogen and oxygen atoms in total. The Kier molecular flexibility index (Phi) is 5.56. The maximum Gasteiger partial charge on any atom is 0.250 e. The van der Waals surface area contributed by atoms with Gasteiger partial charge in [0.2, 0.25) is 0 Å². The van der Waals surface area contributed by atoms with Crippen LogP contribution in [0, 0.1) is 5.92 Å². The van der Waals surface area contributed by atoms with Crippen molar-refractivity contribution < 1.29 is 9.53 Å². The summed E-state index contributed by atoms with van der Waals surface area (Å²) in [6, 6.07) is 0. The van der Waals surface area contributed by atoms with Crippen LogP contribution in [0.15, 0.2) is 0 Å². The zero-order valence-corrected chi connectivity index (χ0v) is 12.0. The number of nitrogens with one attached hydrogen (secondary N) is 1. The minimum atomic E-state index is -0.372. The highest BCUT2D eigenvalue weighted by molar-refractivity contribution is 5.82. The topological polar surface area (TPSA) is 67.6 Å². The van der Waals surface area contributed by atoms with Gasteiger partial charge in [-0.05, 0) is 19.4 Å². The van der Waals surface area contributed by atoms with Gasteiger partial charge >= 0.3 is 0 Å². The molecule has 0 aromatic carbocycles. The standard InChI is InChI=1S/C13H27N3O2/c1-5-16-6-7-18-11(8-16)12(17)15-13(4,9-14)10(2)3/h10-11H,5-9,14H2,1-4H3,(H,15,17). The normalized spacial score (nSPS) is 24.9. The second-order valence-electron chi connectivity index (χ2n) is 5.52. The van der Waals surface area contributed by atoms with Gasteiger partial charge in [-0.25, -0.2) is 0 Å². The predicted octanol–water partition coefficient (Wildman–Crippen LogP) is 0.197. The van der Waals surface area contributed by atoms with Crippen LogP contribution in [0.3, 0.4) is 0 Å². The van der Waals surface area contributed by atoms with Crippen LogP contribution in [-0.4, -0.2) is 55.2 Å². The van der Waals surface area contributed by atoms with Crippen molar-refractivity contribution in [2.24, 2.45) is 11.7 Å². The van der Waals surface area contributed by atoms with E-state index in [9.17, 15) is 4.79 Å². The van der Waals surface area contributed by atoms with Gasteiger partial charge in [0.15, 0.2) is 0 Å². The summed E-state index contributed by atoms with van der Waals surface area (Å²) >= 11 is 0. The van der Waals surface area contributed by atoms with E-state index in [0.717, 1.165) is 13.1 Å². The quantitative estimate of drug-likeness (QED) is 0.738. The number of nitrogens with two attached hydrogens (primary N) is 1. The third kappa shape index (κ3) is 3.67. The Morgan fingerprint density at radius 2 is 2.28 bits per heavy atom. The summed E-state index contributed by atoms with van der Waals surface area (Å²) in [4.78, 5) is 14.4. The van der Waals surface area contributed by atoms with E-state index >= 15 is 0 Å². The van der Waals surface area contributed by atoms with E-state index in [-0.39, 0.29) is 23.5 Å². The van der Waals surface area contributed by atoms with E-state index in [4.69, 9.17) is 10.5 Å². The molecule has 18 heavy (non-hydrogen) atoms. The van der Waals surface area contributed by atoms with Crippen LogP contribution in [-0.2, 0) is 9.53 Å². The molecule has 0 spiro atoms. The summed E-state index contributed by atoms with van der Waals surface area (Å²) < 4.78 is 5.55. The Labute approximate surface area is 110 Å². The third-order valence-electron chi connectivity index (χ3n) is 4.00. The molecule has 0 aromatic heterocycles. The molecule has 1 aliphatic heterocycles. The van der Waals surface area contributed by atoms with Crippen molar-refractivity contribution in [3.05, 3.63) is 0 Å². The largest absolute Gasteiger partial charge is 0.366 e. The molecule has 106 valence electrons. The van der Waals surface area contributed by atoms with Crippen molar-refractivity contribution in [2.75, 3.05) is 32.8 Å². The summed E-state index contributed by atoms with van der Waals surface area (Å²) in [6.07, 6.45) is -0.372. The maximum atomic E-state index is 12.2. The van der Waals surface area contributed by atoms with Crippen LogP contribution in [0.25, 0.3) is 0 Å². The third-order valence-corrected chi connectivity index (χ3v) is 4.00. The molecule has 1 heterocycles. The van der Waals surface area contributed by atoms with E-state index in [0.29, 0.717) is 19.7 Å². The molecule has 0 aliphatic carbocycles.